The molecule has 0 saturated carbocycles. The Morgan fingerprint density at radius 2 is 2.05 bits per heavy atom. The summed E-state index contributed by atoms with van der Waals surface area (Å²) in [6.45, 7) is 4.11. The van der Waals surface area contributed by atoms with Crippen LogP contribution in [0.3, 0.4) is 0 Å². The molecular weight excluding hydrogens is 252 g/mol. The first-order valence-electron chi connectivity index (χ1n) is 6.72. The van der Waals surface area contributed by atoms with Crippen molar-refractivity contribution in [1.82, 2.24) is 10.2 Å². The monoisotopic (exact) mass is 272 g/mol. The van der Waals surface area contributed by atoms with E-state index in [2.05, 4.69) is 29.4 Å². The average Bonchev–Trinajstić information content (AvgIpc) is 2.88. The molecule has 1 aromatic carbocycles. The van der Waals surface area contributed by atoms with Crippen molar-refractivity contribution in [3.63, 3.8) is 0 Å². The van der Waals surface area contributed by atoms with E-state index in [4.69, 9.17) is 5.73 Å². The van der Waals surface area contributed by atoms with Crippen LogP contribution in [0.4, 0.5) is 5.82 Å². The molecule has 5 nitrogen and oxygen atoms in total. The molecule has 0 radical (unpaired) electrons. The maximum atomic E-state index is 12.0. The minimum absolute atomic E-state index is 0.226. The second-order valence-corrected chi connectivity index (χ2v) is 5.15. The van der Waals surface area contributed by atoms with Crippen LogP contribution in [-0.4, -0.2) is 22.1 Å². The largest absolute Gasteiger partial charge is 0.320 e. The van der Waals surface area contributed by atoms with Crippen molar-refractivity contribution in [2.45, 2.75) is 32.2 Å². The number of aromatic amines is 1. The molecule has 1 heterocycles. The minimum atomic E-state index is -0.586. The predicted molar refractivity (Wildman–Crippen MR) is 79.4 cm³/mol. The topological polar surface area (TPSA) is 83.8 Å². The number of carbonyl (C=O) groups excluding carboxylic acids is 1. The van der Waals surface area contributed by atoms with E-state index in [1.54, 1.807) is 0 Å². The van der Waals surface area contributed by atoms with Crippen molar-refractivity contribution in [2.24, 2.45) is 5.73 Å². The van der Waals surface area contributed by atoms with Gasteiger partial charge in [-0.3, -0.25) is 9.89 Å². The number of nitrogens with two attached hydrogens (primary N) is 1. The summed E-state index contributed by atoms with van der Waals surface area (Å²) in [4.78, 5) is 12.0. The summed E-state index contributed by atoms with van der Waals surface area (Å²) in [5, 5.41) is 9.68. The molecule has 0 fully saturated rings. The summed E-state index contributed by atoms with van der Waals surface area (Å²) < 4.78 is 0. The van der Waals surface area contributed by atoms with E-state index in [1.807, 2.05) is 36.4 Å². The Kier molecular flexibility index (Phi) is 4.53. The van der Waals surface area contributed by atoms with Crippen molar-refractivity contribution in [2.75, 3.05) is 5.32 Å². The van der Waals surface area contributed by atoms with E-state index in [9.17, 15) is 4.79 Å². The highest BCUT2D eigenvalue weighted by molar-refractivity contribution is 5.94. The van der Waals surface area contributed by atoms with Crippen LogP contribution in [0.5, 0.6) is 0 Å². The average molecular weight is 272 g/mol. The second kappa shape index (κ2) is 6.34. The molecule has 0 spiro atoms. The van der Waals surface area contributed by atoms with Gasteiger partial charge in [0.1, 0.15) is 0 Å². The number of nitrogens with one attached hydrogen (secondary N) is 2. The zero-order valence-electron chi connectivity index (χ0n) is 11.8. The highest BCUT2D eigenvalue weighted by Crippen LogP contribution is 2.15. The normalized spacial score (nSPS) is 12.4. The molecule has 0 bridgehead atoms. The van der Waals surface area contributed by atoms with E-state index in [1.165, 1.54) is 0 Å². The number of aromatic nitrogens is 2. The molecule has 5 heteroatoms. The van der Waals surface area contributed by atoms with Gasteiger partial charge in [0.25, 0.3) is 0 Å². The highest BCUT2D eigenvalue weighted by atomic mass is 16.2. The SMILES string of the molecule is CC(C)c1cc(NC(=O)[C@@H](N)Cc2ccccc2)n[nH]1. The summed E-state index contributed by atoms with van der Waals surface area (Å²) in [6, 6.07) is 11.0. The smallest absolute Gasteiger partial charge is 0.242 e. The van der Waals surface area contributed by atoms with E-state index < -0.39 is 6.04 Å². The summed E-state index contributed by atoms with van der Waals surface area (Å²) in [5.74, 6) is 0.629. The number of hydrogen-bond donors (Lipinski definition) is 3. The summed E-state index contributed by atoms with van der Waals surface area (Å²) in [5.41, 5.74) is 7.94. The maximum Gasteiger partial charge on any atom is 0.242 e. The molecule has 0 unspecified atom stereocenters. The molecule has 0 saturated heterocycles. The van der Waals surface area contributed by atoms with Gasteiger partial charge in [0, 0.05) is 11.8 Å². The van der Waals surface area contributed by atoms with Gasteiger partial charge in [0.2, 0.25) is 5.91 Å². The van der Waals surface area contributed by atoms with Gasteiger partial charge in [-0.2, -0.15) is 5.10 Å². The fraction of sp³-hybridized carbons (Fsp3) is 0.333. The number of amides is 1. The molecule has 4 N–H and O–H groups in total. The van der Waals surface area contributed by atoms with Crippen molar-refractivity contribution >= 4 is 11.7 Å². The van der Waals surface area contributed by atoms with Gasteiger partial charge in [0.15, 0.2) is 5.82 Å². The van der Waals surface area contributed by atoms with Gasteiger partial charge in [-0.1, -0.05) is 44.2 Å². The van der Waals surface area contributed by atoms with Crippen molar-refractivity contribution in [3.05, 3.63) is 47.7 Å². The zero-order valence-corrected chi connectivity index (χ0v) is 11.8. The van der Waals surface area contributed by atoms with Gasteiger partial charge in [-0.15, -0.1) is 0 Å². The summed E-state index contributed by atoms with van der Waals surface area (Å²) in [7, 11) is 0. The first kappa shape index (κ1) is 14.3. The Hall–Kier alpha value is -2.14. The summed E-state index contributed by atoms with van der Waals surface area (Å²) in [6.07, 6.45) is 0.508. The third kappa shape index (κ3) is 3.68. The lowest BCUT2D eigenvalue weighted by Crippen LogP contribution is -2.37. The van der Waals surface area contributed by atoms with Gasteiger partial charge in [0.05, 0.1) is 6.04 Å². The molecule has 2 aromatic rings. The van der Waals surface area contributed by atoms with Crippen LogP contribution < -0.4 is 11.1 Å². The lowest BCUT2D eigenvalue weighted by atomic mass is 10.1. The lowest BCUT2D eigenvalue weighted by molar-refractivity contribution is -0.117. The Balaban J connectivity index is 1.93. The molecule has 1 amide bonds. The predicted octanol–water partition coefficient (Wildman–Crippen LogP) is 2.04. The Labute approximate surface area is 118 Å². The van der Waals surface area contributed by atoms with Gasteiger partial charge in [-0.05, 0) is 17.9 Å². The van der Waals surface area contributed by atoms with Crippen LogP contribution in [0, 0.1) is 0 Å². The van der Waals surface area contributed by atoms with Gasteiger partial charge in [-0.25, -0.2) is 0 Å². The number of benzene rings is 1. The molecule has 0 aliphatic heterocycles. The number of hydrogen-bond acceptors (Lipinski definition) is 3. The first-order valence-corrected chi connectivity index (χ1v) is 6.72. The van der Waals surface area contributed by atoms with Crippen LogP contribution in [-0.2, 0) is 11.2 Å². The first-order chi connectivity index (χ1) is 9.56. The van der Waals surface area contributed by atoms with E-state index in [0.717, 1.165) is 11.3 Å². The molecule has 1 atom stereocenters. The van der Waals surface area contributed by atoms with Crippen LogP contribution in [0.15, 0.2) is 36.4 Å². The zero-order chi connectivity index (χ0) is 14.5. The van der Waals surface area contributed by atoms with Crippen molar-refractivity contribution < 1.29 is 4.79 Å². The van der Waals surface area contributed by atoms with Gasteiger partial charge >= 0.3 is 0 Å². The number of rotatable bonds is 5. The third-order valence-corrected chi connectivity index (χ3v) is 3.11. The van der Waals surface area contributed by atoms with Gasteiger partial charge < -0.3 is 11.1 Å². The molecule has 1 aromatic heterocycles. The fourth-order valence-corrected chi connectivity index (χ4v) is 1.88. The fourth-order valence-electron chi connectivity index (χ4n) is 1.88. The van der Waals surface area contributed by atoms with Crippen molar-refractivity contribution in [1.29, 1.82) is 0 Å². The molecule has 0 aliphatic carbocycles. The van der Waals surface area contributed by atoms with E-state index >= 15 is 0 Å². The maximum absolute atomic E-state index is 12.0. The van der Waals surface area contributed by atoms with Crippen LogP contribution in [0.25, 0.3) is 0 Å². The third-order valence-electron chi connectivity index (χ3n) is 3.11. The lowest BCUT2D eigenvalue weighted by Gasteiger charge is -2.10. The minimum Gasteiger partial charge on any atom is -0.320 e. The molecule has 20 heavy (non-hydrogen) atoms. The molecule has 106 valence electrons. The summed E-state index contributed by atoms with van der Waals surface area (Å²) >= 11 is 0. The number of anilines is 1. The van der Waals surface area contributed by atoms with Crippen LogP contribution in [0.2, 0.25) is 0 Å². The van der Waals surface area contributed by atoms with E-state index in [-0.39, 0.29) is 5.91 Å². The van der Waals surface area contributed by atoms with Crippen LogP contribution >= 0.6 is 0 Å². The number of nitrogens with zero attached hydrogens (tertiary/aromatic N) is 1. The molecule has 0 aliphatic rings. The Morgan fingerprint density at radius 3 is 2.65 bits per heavy atom. The molecular formula is C15H20N4O. The molecule has 2 rings (SSSR count). The quantitative estimate of drug-likeness (QED) is 0.778. The number of H-pyrrole nitrogens is 1. The van der Waals surface area contributed by atoms with Crippen molar-refractivity contribution in [3.8, 4) is 0 Å². The second-order valence-electron chi connectivity index (χ2n) is 5.15. The Bertz CT molecular complexity index is 562. The highest BCUT2D eigenvalue weighted by Gasteiger charge is 2.15. The van der Waals surface area contributed by atoms with Crippen LogP contribution in [0.1, 0.15) is 31.0 Å². The number of carbonyl (C=O) groups is 1. The van der Waals surface area contributed by atoms with E-state index in [0.29, 0.717) is 18.2 Å². The Morgan fingerprint density at radius 1 is 1.35 bits per heavy atom. The standard InChI is InChI=1S/C15H20N4O/c1-10(2)13-9-14(19-18-13)17-15(20)12(16)8-11-6-4-3-5-7-11/h3-7,9-10,12H,8,16H2,1-2H3,(H2,17,18,19,20)/t12-/m0/s1.